The summed E-state index contributed by atoms with van der Waals surface area (Å²) >= 11 is 0. The van der Waals surface area contributed by atoms with Gasteiger partial charge in [-0.1, -0.05) is 92.5 Å². The van der Waals surface area contributed by atoms with Crippen LogP contribution in [0.15, 0.2) is 35.3 Å². The lowest BCUT2D eigenvalue weighted by molar-refractivity contribution is -0.143. The summed E-state index contributed by atoms with van der Waals surface area (Å²) in [7, 11) is 1.61. The third-order valence-corrected chi connectivity index (χ3v) is 18.0. The maximum absolute atomic E-state index is 14.5. The highest BCUT2D eigenvalue weighted by Crippen LogP contribution is 2.24. The number of fused-ring (bicyclic) bond motifs is 1. The molecule has 0 radical (unpaired) electrons. The number of carbonyl (C=O) groups excluding carboxylic acids is 14. The molecule has 0 unspecified atom stereocenters. The van der Waals surface area contributed by atoms with Gasteiger partial charge in [0, 0.05) is 36.9 Å². The first-order chi connectivity index (χ1) is 47.5. The maximum atomic E-state index is 14.5. The van der Waals surface area contributed by atoms with Crippen LogP contribution in [0, 0.1) is 11.8 Å². The Morgan fingerprint density at radius 3 is 1.81 bits per heavy atom. The second-order valence-corrected chi connectivity index (χ2v) is 26.8. The average molecular weight is 1450 g/mol. The number of aliphatic carboxylic acids is 2. The SMILES string of the molecule is CCCC(CCC)C(=O)NCC(=O)N[C@@H](Cc1ccccc1)C(=O)N[C@@H](CC(C)C)C(=O)NCC(=O)N[C@H]1CSSC[C@@H](C(N)=O)NC(=O)[C@H](CC(=O)O)NC(=O)[C@@H]2CCCN2C(=O)CNC(=O)[C@H](CCCCN)NC(=O)[C@H](CC(=O)O)NC(=O)CNC(=O)[C@H](CCCN=C(N)N)NC1=O. The lowest BCUT2D eigenvalue weighted by Gasteiger charge is -2.27. The van der Waals surface area contributed by atoms with Crippen molar-refractivity contribution < 1.29 is 86.9 Å². The van der Waals surface area contributed by atoms with Crippen LogP contribution >= 0.6 is 21.6 Å². The number of hydrogen-bond donors (Lipinski definition) is 18. The summed E-state index contributed by atoms with van der Waals surface area (Å²) in [4.78, 5) is 221. The minimum Gasteiger partial charge on any atom is -0.481 e. The molecule has 1 aromatic carbocycles. The quantitative estimate of drug-likeness (QED) is 0.0143. The first-order valence-electron chi connectivity index (χ1n) is 33.0. The molecular formula is C62H98N18O18S2. The van der Waals surface area contributed by atoms with Gasteiger partial charge in [-0.3, -0.25) is 81.7 Å². The summed E-state index contributed by atoms with van der Waals surface area (Å²) in [6.07, 6.45) is 1.13. The van der Waals surface area contributed by atoms with Crippen molar-refractivity contribution >= 4 is 122 Å². The van der Waals surface area contributed by atoms with Crippen LogP contribution in [0.2, 0.25) is 0 Å². The lowest BCUT2D eigenvalue weighted by Crippen LogP contribution is -2.58. The van der Waals surface area contributed by atoms with Gasteiger partial charge in [0.1, 0.15) is 54.4 Å². The number of carboxylic acid groups (broad SMARTS) is 2. The molecule has 0 spiro atoms. The number of benzene rings is 1. The highest BCUT2D eigenvalue weighted by Gasteiger charge is 2.39. The Balaban J connectivity index is 2.03. The van der Waals surface area contributed by atoms with E-state index in [9.17, 15) is 86.9 Å². The van der Waals surface area contributed by atoms with Crippen LogP contribution in [-0.4, -0.2) is 227 Å². The summed E-state index contributed by atoms with van der Waals surface area (Å²) < 4.78 is 0. The Bertz CT molecular complexity index is 3030. The molecule has 0 aliphatic carbocycles. The van der Waals surface area contributed by atoms with Gasteiger partial charge < -0.3 is 102 Å². The van der Waals surface area contributed by atoms with Crippen LogP contribution in [0.25, 0.3) is 0 Å². The number of nitrogens with zero attached hydrogens (tertiary/aromatic N) is 2. The highest BCUT2D eigenvalue weighted by atomic mass is 33.1. The summed E-state index contributed by atoms with van der Waals surface area (Å²) in [5.41, 5.74) is 23.0. The number of carboxylic acids is 2. The standard InChI is InChI=1S/C62H98N18O18S2/c1-5-14-36(15-6-2)53(90)68-28-46(81)72-40(25-35-16-8-7-9-17-35)57(94)77-39(24-34(3)4)56(93)70-30-48(83)74-44-33-100-99-32-43(52(64)89)79-59(96)42(27-51(87)88)78-61(98)45-20-13-23-80(45)49(84)31-71-55(92)37(18-10-11-21-63)75-58(95)41(26-50(85)86)73-47(82)29-69-54(91)38(76-60(44)97)19-12-22-67-62(65)66/h7-9,16-17,34,36-45H,5-6,10-15,18-33,63H2,1-4H3,(H2,64,89)(H,68,90)(H,69,91)(H,70,93)(H,71,92)(H,72,81)(H,73,82)(H,74,83)(H,75,95)(H,76,97)(H,77,94)(H,78,98)(H,79,96)(H,85,86)(H,87,88)(H4,65,66,67)/t37-,38-,39-,40-,41-,42-,43-,44-,45-/m0/s1. The molecule has 36 nitrogen and oxygen atoms in total. The Kier molecular flexibility index (Phi) is 38.5. The van der Waals surface area contributed by atoms with Crippen molar-refractivity contribution in [2.75, 3.05) is 57.3 Å². The molecule has 2 aliphatic rings. The second kappa shape index (κ2) is 45.4. The third kappa shape index (κ3) is 32.1. The van der Waals surface area contributed by atoms with E-state index in [-0.39, 0.29) is 94.7 Å². The van der Waals surface area contributed by atoms with E-state index in [0.29, 0.717) is 24.8 Å². The third-order valence-electron chi connectivity index (χ3n) is 15.5. The fourth-order valence-electron chi connectivity index (χ4n) is 10.5. The van der Waals surface area contributed by atoms with Crippen molar-refractivity contribution in [3.05, 3.63) is 35.9 Å². The molecule has 14 amide bonds. The Hall–Kier alpha value is -9.33. The summed E-state index contributed by atoms with van der Waals surface area (Å²) in [6.45, 7) is 4.48. The van der Waals surface area contributed by atoms with Crippen LogP contribution in [0.4, 0.5) is 0 Å². The number of hydrogen-bond acceptors (Lipinski definition) is 20. The zero-order chi connectivity index (χ0) is 74.4. The fourth-order valence-corrected chi connectivity index (χ4v) is 12.8. The molecule has 38 heteroatoms. The molecular weight excluding hydrogens is 1350 g/mol. The van der Waals surface area contributed by atoms with Gasteiger partial charge in [0.2, 0.25) is 82.7 Å². The molecule has 1 aromatic rings. The highest BCUT2D eigenvalue weighted by molar-refractivity contribution is 8.76. The Labute approximate surface area is 586 Å². The molecule has 22 N–H and O–H groups in total. The van der Waals surface area contributed by atoms with Crippen molar-refractivity contribution in [3.8, 4) is 0 Å². The van der Waals surface area contributed by atoms with Crippen molar-refractivity contribution in [2.45, 2.75) is 178 Å². The van der Waals surface area contributed by atoms with E-state index >= 15 is 0 Å². The van der Waals surface area contributed by atoms with Gasteiger partial charge in [0.15, 0.2) is 5.96 Å². The summed E-state index contributed by atoms with van der Waals surface area (Å²) in [5, 5.41) is 49.0. The zero-order valence-electron chi connectivity index (χ0n) is 56.7. The topological polar surface area (TPSA) is 578 Å². The van der Waals surface area contributed by atoms with Gasteiger partial charge >= 0.3 is 11.9 Å². The Morgan fingerprint density at radius 1 is 0.640 bits per heavy atom. The first-order valence-corrected chi connectivity index (χ1v) is 35.5. The zero-order valence-corrected chi connectivity index (χ0v) is 58.3. The van der Waals surface area contributed by atoms with Gasteiger partial charge in [-0.25, -0.2) is 0 Å². The first kappa shape index (κ1) is 84.9. The van der Waals surface area contributed by atoms with Crippen LogP contribution in [-0.2, 0) is 83.1 Å². The van der Waals surface area contributed by atoms with Crippen LogP contribution in [0.1, 0.15) is 123 Å². The molecule has 556 valence electrons. The number of guanidine groups is 1. The molecule has 2 aliphatic heterocycles. The smallest absolute Gasteiger partial charge is 0.305 e. The maximum Gasteiger partial charge on any atom is 0.305 e. The molecule has 2 fully saturated rings. The number of amides is 14. The van der Waals surface area contributed by atoms with E-state index < -0.39 is 194 Å². The van der Waals surface area contributed by atoms with E-state index in [2.05, 4.69) is 68.8 Å². The number of aliphatic imine (C=N–C) groups is 1. The van der Waals surface area contributed by atoms with E-state index in [1.165, 1.54) is 0 Å². The van der Waals surface area contributed by atoms with E-state index in [1.807, 2.05) is 13.8 Å². The largest absolute Gasteiger partial charge is 0.481 e. The number of rotatable bonds is 31. The molecule has 0 saturated carbocycles. The predicted molar refractivity (Wildman–Crippen MR) is 367 cm³/mol. The van der Waals surface area contributed by atoms with Crippen molar-refractivity contribution in [2.24, 2.45) is 39.8 Å². The fraction of sp³-hybridized carbons (Fsp3) is 0.629. The van der Waals surface area contributed by atoms with E-state index in [4.69, 9.17) is 22.9 Å². The van der Waals surface area contributed by atoms with Gasteiger partial charge in [-0.2, -0.15) is 0 Å². The molecule has 2 heterocycles. The minimum absolute atomic E-state index is 0.00840. The van der Waals surface area contributed by atoms with Crippen LogP contribution < -0.4 is 86.7 Å². The molecule has 100 heavy (non-hydrogen) atoms. The van der Waals surface area contributed by atoms with Crippen molar-refractivity contribution in [1.82, 2.24) is 68.7 Å². The number of carbonyl (C=O) groups is 16. The molecule has 3 rings (SSSR count). The van der Waals surface area contributed by atoms with Gasteiger partial charge in [0.05, 0.1) is 39.0 Å². The number of nitrogens with two attached hydrogens (primary N) is 4. The predicted octanol–water partition coefficient (Wildman–Crippen LogP) is -5.16. The van der Waals surface area contributed by atoms with E-state index in [1.54, 1.807) is 44.2 Å². The van der Waals surface area contributed by atoms with E-state index in [0.717, 1.165) is 39.3 Å². The minimum atomic E-state index is -1.88. The van der Waals surface area contributed by atoms with Crippen LogP contribution in [0.3, 0.4) is 0 Å². The van der Waals surface area contributed by atoms with Crippen molar-refractivity contribution in [3.63, 3.8) is 0 Å². The summed E-state index contributed by atoms with van der Waals surface area (Å²) in [5.74, 6) is -18.0. The Morgan fingerprint density at radius 2 is 1.21 bits per heavy atom. The van der Waals surface area contributed by atoms with Gasteiger partial charge in [-0.05, 0) is 82.2 Å². The summed E-state index contributed by atoms with van der Waals surface area (Å²) in [6, 6.07) is -5.25. The monoisotopic (exact) mass is 1450 g/mol. The molecule has 0 bridgehead atoms. The normalized spacial score (nSPS) is 21.0. The lowest BCUT2D eigenvalue weighted by atomic mass is 9.97. The van der Waals surface area contributed by atoms with Gasteiger partial charge in [0.25, 0.3) is 0 Å². The molecule has 2 saturated heterocycles. The number of primary amides is 1. The van der Waals surface area contributed by atoms with Crippen molar-refractivity contribution in [1.29, 1.82) is 0 Å². The molecule has 0 aromatic heterocycles. The molecule has 9 atom stereocenters. The van der Waals surface area contributed by atoms with Crippen LogP contribution in [0.5, 0.6) is 0 Å². The second-order valence-electron chi connectivity index (χ2n) is 24.3. The number of unbranched alkanes of at least 4 members (excludes halogenated alkanes) is 1. The number of nitrogens with one attached hydrogen (secondary N) is 12. The average Bonchev–Trinajstić information content (AvgIpc) is 1.61. The van der Waals surface area contributed by atoms with Gasteiger partial charge in [-0.15, -0.1) is 0 Å².